The van der Waals surface area contributed by atoms with Crippen LogP contribution in [0.3, 0.4) is 0 Å². The molecule has 1 unspecified atom stereocenters. The summed E-state index contributed by atoms with van der Waals surface area (Å²) in [4.78, 5) is 15.6. The number of carbonyl (C=O) groups excluding carboxylic acids is 1. The molecule has 100 valence electrons. The van der Waals surface area contributed by atoms with E-state index < -0.39 is 6.04 Å². The van der Waals surface area contributed by atoms with Crippen molar-refractivity contribution in [2.45, 2.75) is 13.0 Å². The van der Waals surface area contributed by atoms with Gasteiger partial charge >= 0.3 is 0 Å². The van der Waals surface area contributed by atoms with Crippen LogP contribution in [0.4, 0.5) is 0 Å². The minimum Gasteiger partial charge on any atom is -0.489 e. The van der Waals surface area contributed by atoms with Gasteiger partial charge in [0.25, 0.3) is 0 Å². The fraction of sp³-hybridized carbons (Fsp3) is 0.286. The molecule has 0 aliphatic rings. The lowest BCUT2D eigenvalue weighted by Crippen LogP contribution is -2.40. The van der Waals surface area contributed by atoms with Crippen molar-refractivity contribution in [1.29, 1.82) is 0 Å². The Balaban J connectivity index is 1.93. The second-order valence-electron chi connectivity index (χ2n) is 4.26. The van der Waals surface area contributed by atoms with Gasteiger partial charge in [-0.15, -0.1) is 0 Å². The van der Waals surface area contributed by atoms with Crippen LogP contribution in [0.1, 0.15) is 6.92 Å². The normalized spacial score (nSPS) is 12.1. The number of amides is 1. The van der Waals surface area contributed by atoms with Gasteiger partial charge in [0.1, 0.15) is 17.9 Å². The summed E-state index contributed by atoms with van der Waals surface area (Å²) in [5.74, 6) is 0.535. The van der Waals surface area contributed by atoms with Crippen molar-refractivity contribution in [2.24, 2.45) is 5.73 Å². The first-order valence-corrected chi connectivity index (χ1v) is 6.18. The molecule has 0 aliphatic heterocycles. The lowest BCUT2D eigenvalue weighted by molar-refractivity contribution is -0.122. The first kappa shape index (κ1) is 13.3. The number of carbonyl (C=O) groups is 1. The molecule has 3 N–H and O–H groups in total. The second-order valence-corrected chi connectivity index (χ2v) is 4.26. The zero-order valence-corrected chi connectivity index (χ0v) is 10.8. The Morgan fingerprint density at radius 1 is 1.42 bits per heavy atom. The minimum atomic E-state index is -0.501. The quantitative estimate of drug-likeness (QED) is 0.788. The highest BCUT2D eigenvalue weighted by atomic mass is 16.5. The van der Waals surface area contributed by atoms with Crippen molar-refractivity contribution in [3.63, 3.8) is 0 Å². The van der Waals surface area contributed by atoms with Gasteiger partial charge in [-0.1, -0.05) is 18.2 Å². The molecule has 19 heavy (non-hydrogen) atoms. The Morgan fingerprint density at radius 3 is 3.00 bits per heavy atom. The van der Waals surface area contributed by atoms with Crippen LogP contribution >= 0.6 is 0 Å². The van der Waals surface area contributed by atoms with Gasteiger partial charge in [-0.05, 0) is 19.1 Å². The van der Waals surface area contributed by atoms with Gasteiger partial charge < -0.3 is 15.8 Å². The fourth-order valence-electron chi connectivity index (χ4n) is 1.69. The van der Waals surface area contributed by atoms with Crippen molar-refractivity contribution in [1.82, 2.24) is 10.3 Å². The Hall–Kier alpha value is -2.14. The molecule has 0 saturated heterocycles. The number of aromatic nitrogens is 1. The van der Waals surface area contributed by atoms with Gasteiger partial charge in [0.05, 0.1) is 12.6 Å². The standard InChI is InChI=1S/C14H17N3O2/c1-10(15)14(18)17-8-9-19-12-6-2-4-11-5-3-7-16-13(11)12/h2-7,10H,8-9,15H2,1H3,(H,17,18). The predicted molar refractivity (Wildman–Crippen MR) is 73.9 cm³/mol. The number of rotatable bonds is 5. The monoisotopic (exact) mass is 259 g/mol. The summed E-state index contributed by atoms with van der Waals surface area (Å²) < 4.78 is 5.63. The smallest absolute Gasteiger partial charge is 0.236 e. The van der Waals surface area contributed by atoms with E-state index in [1.54, 1.807) is 13.1 Å². The first-order valence-electron chi connectivity index (χ1n) is 6.18. The number of hydrogen-bond donors (Lipinski definition) is 2. The molecular formula is C14H17N3O2. The SMILES string of the molecule is CC(N)C(=O)NCCOc1cccc2cccnc12. The number of pyridine rings is 1. The van der Waals surface area contributed by atoms with Crippen molar-refractivity contribution in [3.05, 3.63) is 36.5 Å². The number of nitrogens with two attached hydrogens (primary N) is 1. The first-order chi connectivity index (χ1) is 9.18. The summed E-state index contributed by atoms with van der Waals surface area (Å²) in [6.07, 6.45) is 1.73. The average Bonchev–Trinajstić information content (AvgIpc) is 2.43. The number of ether oxygens (including phenoxy) is 1. The van der Waals surface area contributed by atoms with Crippen LogP contribution in [0.5, 0.6) is 5.75 Å². The predicted octanol–water partition coefficient (Wildman–Crippen LogP) is 1.08. The van der Waals surface area contributed by atoms with Gasteiger partial charge in [-0.3, -0.25) is 9.78 Å². The highest BCUT2D eigenvalue weighted by Gasteiger charge is 2.06. The highest BCUT2D eigenvalue weighted by Crippen LogP contribution is 2.22. The average molecular weight is 259 g/mol. The van der Waals surface area contributed by atoms with Crippen LogP contribution in [0, 0.1) is 0 Å². The zero-order chi connectivity index (χ0) is 13.7. The topological polar surface area (TPSA) is 77.2 Å². The maximum atomic E-state index is 11.3. The maximum absolute atomic E-state index is 11.3. The van der Waals surface area contributed by atoms with Gasteiger partial charge in [0.2, 0.25) is 5.91 Å². The van der Waals surface area contributed by atoms with E-state index in [-0.39, 0.29) is 5.91 Å². The van der Waals surface area contributed by atoms with Gasteiger partial charge in [0.15, 0.2) is 0 Å². The molecule has 1 atom stereocenters. The molecule has 1 aromatic carbocycles. The van der Waals surface area contributed by atoms with Crippen molar-refractivity contribution in [3.8, 4) is 5.75 Å². The summed E-state index contributed by atoms with van der Waals surface area (Å²) >= 11 is 0. The number of fused-ring (bicyclic) bond motifs is 1. The highest BCUT2D eigenvalue weighted by molar-refractivity contribution is 5.84. The van der Waals surface area contributed by atoms with E-state index in [0.29, 0.717) is 18.9 Å². The zero-order valence-electron chi connectivity index (χ0n) is 10.8. The van der Waals surface area contributed by atoms with Crippen LogP contribution in [0.15, 0.2) is 36.5 Å². The summed E-state index contributed by atoms with van der Waals surface area (Å²) in [5, 5.41) is 3.72. The van der Waals surface area contributed by atoms with Crippen LogP contribution in [0.25, 0.3) is 10.9 Å². The molecule has 5 nitrogen and oxygen atoms in total. The Kier molecular flexibility index (Phi) is 4.30. The van der Waals surface area contributed by atoms with Gasteiger partial charge in [-0.2, -0.15) is 0 Å². The molecule has 1 heterocycles. The summed E-state index contributed by atoms with van der Waals surface area (Å²) in [7, 11) is 0. The van der Waals surface area contributed by atoms with E-state index in [2.05, 4.69) is 10.3 Å². The van der Waals surface area contributed by atoms with Crippen LogP contribution in [0.2, 0.25) is 0 Å². The molecule has 2 rings (SSSR count). The fourth-order valence-corrected chi connectivity index (χ4v) is 1.69. The molecule has 0 saturated carbocycles. The number of nitrogens with zero attached hydrogens (tertiary/aromatic N) is 1. The van der Waals surface area contributed by atoms with Crippen LogP contribution < -0.4 is 15.8 Å². The van der Waals surface area contributed by atoms with Crippen LogP contribution in [-0.2, 0) is 4.79 Å². The van der Waals surface area contributed by atoms with E-state index in [9.17, 15) is 4.79 Å². The summed E-state index contributed by atoms with van der Waals surface area (Å²) in [5.41, 5.74) is 6.26. The lowest BCUT2D eigenvalue weighted by Gasteiger charge is -2.10. The molecular weight excluding hydrogens is 242 g/mol. The van der Waals surface area contributed by atoms with Crippen molar-refractivity contribution < 1.29 is 9.53 Å². The molecule has 2 aromatic rings. The third-order valence-corrected chi connectivity index (χ3v) is 2.67. The van der Waals surface area contributed by atoms with E-state index in [0.717, 1.165) is 10.9 Å². The Labute approximate surface area is 111 Å². The molecule has 0 bridgehead atoms. The lowest BCUT2D eigenvalue weighted by atomic mass is 10.2. The molecule has 5 heteroatoms. The van der Waals surface area contributed by atoms with Crippen LogP contribution in [-0.4, -0.2) is 30.1 Å². The van der Waals surface area contributed by atoms with E-state index in [1.165, 1.54) is 0 Å². The number of benzene rings is 1. The number of para-hydroxylation sites is 1. The summed E-state index contributed by atoms with van der Waals surface area (Å²) in [6.45, 7) is 2.45. The Morgan fingerprint density at radius 2 is 2.21 bits per heavy atom. The molecule has 0 aliphatic carbocycles. The largest absolute Gasteiger partial charge is 0.489 e. The molecule has 0 spiro atoms. The number of nitrogens with one attached hydrogen (secondary N) is 1. The molecule has 0 fully saturated rings. The van der Waals surface area contributed by atoms with Crippen molar-refractivity contribution in [2.75, 3.05) is 13.2 Å². The molecule has 1 amide bonds. The second kappa shape index (κ2) is 6.15. The van der Waals surface area contributed by atoms with Crippen molar-refractivity contribution >= 4 is 16.8 Å². The number of hydrogen-bond acceptors (Lipinski definition) is 4. The Bertz CT molecular complexity index is 564. The minimum absolute atomic E-state index is 0.181. The molecule has 0 radical (unpaired) electrons. The summed E-state index contributed by atoms with van der Waals surface area (Å²) in [6, 6.07) is 9.12. The third-order valence-electron chi connectivity index (χ3n) is 2.67. The van der Waals surface area contributed by atoms with E-state index >= 15 is 0 Å². The van der Waals surface area contributed by atoms with Gasteiger partial charge in [0, 0.05) is 11.6 Å². The van der Waals surface area contributed by atoms with E-state index in [1.807, 2.05) is 30.3 Å². The third kappa shape index (κ3) is 3.42. The maximum Gasteiger partial charge on any atom is 0.236 e. The van der Waals surface area contributed by atoms with E-state index in [4.69, 9.17) is 10.5 Å². The van der Waals surface area contributed by atoms with Gasteiger partial charge in [-0.25, -0.2) is 0 Å². The molecule has 1 aromatic heterocycles.